The third-order valence-electron chi connectivity index (χ3n) is 6.26. The maximum absolute atomic E-state index is 3.59. The van der Waals surface area contributed by atoms with Gasteiger partial charge in [-0.25, -0.2) is 0 Å². The maximum atomic E-state index is 3.59. The molecular formula is C26H55CrSi. The van der Waals surface area contributed by atoms with E-state index >= 15 is 0 Å². The molecule has 0 saturated heterocycles. The molecule has 0 radical (unpaired) electrons. The molecule has 0 unspecified atom stereocenters. The predicted molar refractivity (Wildman–Crippen MR) is 130 cm³/mol. The minimum Gasteiger partial charge on any atom is -0.0654 e. The number of rotatable bonds is 24. The molecule has 0 fully saturated rings. The Bertz CT molecular complexity index is 243. The number of unbranched alkanes of at least 4 members (excludes halogenated alkanes) is 20. The van der Waals surface area contributed by atoms with Crippen LogP contribution in [0.15, 0.2) is 0 Å². The van der Waals surface area contributed by atoms with Crippen molar-refractivity contribution < 1.29 is 15.6 Å². The second kappa shape index (κ2) is 25.8. The Hall–Kier alpha value is 0.749. The molecule has 0 aromatic carbocycles. The van der Waals surface area contributed by atoms with Crippen LogP contribution in [0.2, 0.25) is 12.1 Å². The van der Waals surface area contributed by atoms with Crippen LogP contribution in [0.25, 0.3) is 0 Å². The van der Waals surface area contributed by atoms with Crippen LogP contribution in [-0.2, 0) is 15.6 Å². The van der Waals surface area contributed by atoms with Crippen molar-refractivity contribution in [3.05, 3.63) is 0 Å². The molecule has 0 rings (SSSR count). The summed E-state index contributed by atoms with van der Waals surface area (Å²) in [7, 11) is -0.490. The van der Waals surface area contributed by atoms with Crippen LogP contribution in [0.1, 0.15) is 155 Å². The molecule has 0 spiro atoms. The Morgan fingerprint density at radius 1 is 0.357 bits per heavy atom. The molecule has 0 bridgehead atoms. The Labute approximate surface area is 189 Å². The van der Waals surface area contributed by atoms with E-state index in [1.165, 1.54) is 141 Å². The zero-order valence-electron chi connectivity index (χ0n) is 20.0. The number of hydrogen-bond acceptors (Lipinski definition) is 0. The fourth-order valence-electron chi connectivity index (χ4n) is 4.22. The second-order valence-electron chi connectivity index (χ2n) is 9.27. The smallest absolute Gasteiger partial charge is 0.0654 e. The van der Waals surface area contributed by atoms with Gasteiger partial charge < -0.3 is 0 Å². The summed E-state index contributed by atoms with van der Waals surface area (Å²) >= 11 is 3.59. The molecule has 0 heterocycles. The molecule has 0 N–H and O–H groups in total. The summed E-state index contributed by atoms with van der Waals surface area (Å²) in [4.78, 5) is 0. The summed E-state index contributed by atoms with van der Waals surface area (Å²) in [5, 5.41) is 0. The molecule has 0 aliphatic carbocycles. The average Bonchev–Trinajstić information content (AvgIpc) is 2.70. The van der Waals surface area contributed by atoms with Crippen LogP contribution in [0.5, 0.6) is 0 Å². The van der Waals surface area contributed by atoms with Crippen molar-refractivity contribution >= 4 is 7.36 Å². The van der Waals surface area contributed by atoms with E-state index in [1.807, 2.05) is 0 Å². The van der Waals surface area contributed by atoms with Gasteiger partial charge >= 0.3 is 164 Å². The Balaban J connectivity index is 3.12. The van der Waals surface area contributed by atoms with E-state index in [0.717, 1.165) is 0 Å². The van der Waals surface area contributed by atoms with Crippen molar-refractivity contribution in [3.8, 4) is 0 Å². The van der Waals surface area contributed by atoms with E-state index in [4.69, 9.17) is 0 Å². The zero-order chi connectivity index (χ0) is 20.5. The third-order valence-corrected chi connectivity index (χ3v) is 10.6. The van der Waals surface area contributed by atoms with E-state index in [0.29, 0.717) is 0 Å². The minimum absolute atomic E-state index is 0.490. The van der Waals surface area contributed by atoms with Crippen molar-refractivity contribution in [2.45, 2.75) is 167 Å². The minimum atomic E-state index is -0.490. The van der Waals surface area contributed by atoms with E-state index in [1.54, 1.807) is 12.1 Å². The van der Waals surface area contributed by atoms with Gasteiger partial charge in [-0.15, -0.1) is 0 Å². The van der Waals surface area contributed by atoms with Crippen LogP contribution in [0.3, 0.4) is 0 Å². The first-order chi connectivity index (χ1) is 13.8. The van der Waals surface area contributed by atoms with Crippen molar-refractivity contribution in [2.75, 3.05) is 0 Å². The molecule has 2 heteroatoms. The zero-order valence-corrected chi connectivity index (χ0v) is 22.4. The summed E-state index contributed by atoms with van der Waals surface area (Å²) in [6.07, 6.45) is 32.4. The van der Waals surface area contributed by atoms with E-state index in [2.05, 4.69) is 29.5 Å². The molecular weight excluding hydrogens is 392 g/mol. The van der Waals surface area contributed by atoms with E-state index in [-0.39, 0.29) is 0 Å². The summed E-state index contributed by atoms with van der Waals surface area (Å²) in [6, 6.07) is 3.13. The van der Waals surface area contributed by atoms with Crippen LogP contribution in [-0.4, -0.2) is 7.36 Å². The average molecular weight is 448 g/mol. The molecule has 28 heavy (non-hydrogen) atoms. The van der Waals surface area contributed by atoms with E-state index < -0.39 is 7.36 Å². The van der Waals surface area contributed by atoms with Gasteiger partial charge in [-0.1, -0.05) is 26.7 Å². The molecule has 0 aliphatic rings. The summed E-state index contributed by atoms with van der Waals surface area (Å²) in [5.41, 5.74) is 0. The van der Waals surface area contributed by atoms with Crippen LogP contribution >= 0.6 is 0 Å². The van der Waals surface area contributed by atoms with Crippen molar-refractivity contribution in [1.82, 2.24) is 0 Å². The van der Waals surface area contributed by atoms with Gasteiger partial charge in [0.25, 0.3) is 0 Å². The first-order valence-electron chi connectivity index (χ1n) is 13.5. The van der Waals surface area contributed by atoms with Crippen LogP contribution in [0, 0.1) is 0 Å². The van der Waals surface area contributed by atoms with Gasteiger partial charge in [0, 0.05) is 0 Å². The van der Waals surface area contributed by atoms with Crippen LogP contribution < -0.4 is 0 Å². The Morgan fingerprint density at radius 3 is 0.821 bits per heavy atom. The topological polar surface area (TPSA) is 0 Å². The number of hydrogen-bond donors (Lipinski definition) is 0. The van der Waals surface area contributed by atoms with Gasteiger partial charge in [0.1, 0.15) is 0 Å². The Morgan fingerprint density at radius 2 is 0.571 bits per heavy atom. The van der Waals surface area contributed by atoms with Gasteiger partial charge in [0.15, 0.2) is 0 Å². The molecule has 0 nitrogen and oxygen atoms in total. The summed E-state index contributed by atoms with van der Waals surface area (Å²) < 4.78 is 0. The van der Waals surface area contributed by atoms with Gasteiger partial charge in [0.05, 0.1) is 0 Å². The first-order valence-corrected chi connectivity index (χ1v) is 17.8. The summed E-state index contributed by atoms with van der Waals surface area (Å²) in [6.45, 7) is 4.61. The monoisotopic (exact) mass is 447 g/mol. The standard InChI is InChI=1S/C26H55Si.Cr/c1-3-5-7-9-11-13-15-17-19-21-23-25-27-26-24-22-20-18-16-14-12-10-8-6-4-2;/h27H,3-26H2,1-2H3;. The molecule has 0 aromatic rings. The predicted octanol–water partition coefficient (Wildman–Crippen LogP) is 9.88. The Kier molecular flexibility index (Phi) is 26.5. The quantitative estimate of drug-likeness (QED) is 0.102. The molecule has 169 valence electrons. The summed E-state index contributed by atoms with van der Waals surface area (Å²) in [5.74, 6) is 0. The molecule has 0 aromatic heterocycles. The SMILES string of the molecule is CCCCCCCCCCCCC[SiH]([Cr])CCCCCCCCCCCCC. The van der Waals surface area contributed by atoms with Crippen molar-refractivity contribution in [1.29, 1.82) is 0 Å². The van der Waals surface area contributed by atoms with Gasteiger partial charge in [-0.2, -0.15) is 0 Å². The normalized spacial score (nSPS) is 11.5. The molecule has 0 aliphatic heterocycles. The van der Waals surface area contributed by atoms with E-state index in [9.17, 15) is 0 Å². The van der Waals surface area contributed by atoms with Crippen molar-refractivity contribution in [3.63, 3.8) is 0 Å². The molecule has 0 atom stereocenters. The fourth-order valence-corrected chi connectivity index (χ4v) is 7.56. The van der Waals surface area contributed by atoms with Crippen LogP contribution in [0.4, 0.5) is 0 Å². The first kappa shape index (κ1) is 28.7. The molecule has 0 saturated carbocycles. The van der Waals surface area contributed by atoms with Gasteiger partial charge in [-0.05, 0) is 0 Å². The third kappa shape index (κ3) is 24.8. The van der Waals surface area contributed by atoms with Crippen molar-refractivity contribution in [2.24, 2.45) is 0 Å². The fraction of sp³-hybridized carbons (Fsp3) is 1.00. The second-order valence-corrected chi connectivity index (χ2v) is 14.8. The van der Waals surface area contributed by atoms with Gasteiger partial charge in [0.2, 0.25) is 0 Å². The van der Waals surface area contributed by atoms with Gasteiger partial charge in [-0.3, -0.25) is 0 Å². The molecule has 0 amide bonds.